The zero-order chi connectivity index (χ0) is 23.8. The second-order valence-electron chi connectivity index (χ2n) is 9.13. The first kappa shape index (κ1) is 23.8. The van der Waals surface area contributed by atoms with Gasteiger partial charge >= 0.3 is 6.03 Å². The van der Waals surface area contributed by atoms with Crippen LogP contribution in [0, 0.1) is 5.92 Å². The van der Waals surface area contributed by atoms with Gasteiger partial charge in [-0.3, -0.25) is 9.59 Å². The second kappa shape index (κ2) is 11.7. The minimum absolute atomic E-state index is 0.105. The van der Waals surface area contributed by atoms with Crippen LogP contribution >= 0.6 is 0 Å². The molecule has 4 rings (SSSR count). The van der Waals surface area contributed by atoms with Crippen molar-refractivity contribution in [3.05, 3.63) is 66.2 Å². The van der Waals surface area contributed by atoms with Crippen molar-refractivity contribution in [3.8, 4) is 0 Å². The van der Waals surface area contributed by atoms with Crippen LogP contribution in [0.5, 0.6) is 0 Å². The Morgan fingerprint density at radius 3 is 2.15 bits per heavy atom. The van der Waals surface area contributed by atoms with Gasteiger partial charge in [-0.15, -0.1) is 0 Å². The van der Waals surface area contributed by atoms with E-state index in [0.717, 1.165) is 31.4 Å². The van der Waals surface area contributed by atoms with Gasteiger partial charge in [-0.25, -0.2) is 4.79 Å². The van der Waals surface area contributed by atoms with E-state index in [2.05, 4.69) is 17.4 Å². The number of nitrogens with zero attached hydrogens (tertiary/aromatic N) is 3. The van der Waals surface area contributed by atoms with Crippen molar-refractivity contribution in [1.29, 1.82) is 0 Å². The third-order valence-electron chi connectivity index (χ3n) is 6.73. The summed E-state index contributed by atoms with van der Waals surface area (Å²) in [6, 6.07) is 19.4. The summed E-state index contributed by atoms with van der Waals surface area (Å²) in [4.78, 5) is 43.9. The van der Waals surface area contributed by atoms with E-state index in [1.165, 1.54) is 5.56 Å². The van der Waals surface area contributed by atoms with E-state index in [4.69, 9.17) is 0 Å². The van der Waals surface area contributed by atoms with Crippen molar-refractivity contribution >= 4 is 23.5 Å². The number of hydrogen-bond donors (Lipinski definition) is 1. The predicted octanol–water partition coefficient (Wildman–Crippen LogP) is 3.62. The van der Waals surface area contributed by atoms with E-state index in [-0.39, 0.29) is 23.8 Å². The zero-order valence-corrected chi connectivity index (χ0v) is 19.7. The molecule has 180 valence electrons. The van der Waals surface area contributed by atoms with E-state index in [1.54, 1.807) is 4.90 Å². The van der Waals surface area contributed by atoms with Crippen LogP contribution in [0.3, 0.4) is 0 Å². The summed E-state index contributed by atoms with van der Waals surface area (Å²) in [7, 11) is 0. The normalized spacial score (nSPS) is 18.5. The molecule has 1 unspecified atom stereocenters. The van der Waals surface area contributed by atoms with E-state index < -0.39 is 0 Å². The highest BCUT2D eigenvalue weighted by atomic mass is 16.2. The average molecular weight is 463 g/mol. The van der Waals surface area contributed by atoms with Crippen molar-refractivity contribution in [3.63, 3.8) is 0 Å². The number of piperazine rings is 1. The first-order valence-corrected chi connectivity index (χ1v) is 12.3. The molecule has 2 saturated heterocycles. The van der Waals surface area contributed by atoms with Crippen molar-refractivity contribution in [1.82, 2.24) is 14.7 Å². The quantitative estimate of drug-likeness (QED) is 0.713. The Hall–Kier alpha value is -3.35. The summed E-state index contributed by atoms with van der Waals surface area (Å²) in [5.74, 6) is 0.0984. The Bertz CT molecular complexity index is 958. The maximum atomic E-state index is 13.1. The molecule has 0 spiro atoms. The second-order valence-corrected chi connectivity index (χ2v) is 9.13. The van der Waals surface area contributed by atoms with Gasteiger partial charge < -0.3 is 20.0 Å². The largest absolute Gasteiger partial charge is 0.339 e. The number of anilines is 1. The molecule has 7 heteroatoms. The Balaban J connectivity index is 1.20. The number of urea groups is 1. The lowest BCUT2D eigenvalue weighted by Gasteiger charge is -2.39. The number of nitrogens with one attached hydrogen (secondary N) is 1. The standard InChI is InChI=1S/C27H34N4O3/c32-25(15-7-11-22-9-3-1-4-10-22)29-17-19-30(20-18-29)26(33)23-12-8-16-31(21-23)27(34)28-24-13-5-2-6-14-24/h1-6,9-10,13-14,23H,7-8,11-12,15-21H2,(H,28,34). The number of para-hydroxylation sites is 1. The lowest BCUT2D eigenvalue weighted by Crippen LogP contribution is -2.54. The van der Waals surface area contributed by atoms with Crippen molar-refractivity contribution < 1.29 is 14.4 Å². The Kier molecular flexibility index (Phi) is 8.17. The fourth-order valence-electron chi connectivity index (χ4n) is 4.77. The molecule has 34 heavy (non-hydrogen) atoms. The summed E-state index contributed by atoms with van der Waals surface area (Å²) in [6.45, 7) is 3.40. The molecule has 0 aromatic heterocycles. The zero-order valence-electron chi connectivity index (χ0n) is 19.7. The van der Waals surface area contributed by atoms with E-state index in [9.17, 15) is 14.4 Å². The van der Waals surface area contributed by atoms with Crippen LogP contribution in [0.1, 0.15) is 31.2 Å². The van der Waals surface area contributed by atoms with E-state index >= 15 is 0 Å². The number of rotatable bonds is 6. The van der Waals surface area contributed by atoms with Gasteiger partial charge in [0, 0.05) is 51.4 Å². The molecule has 2 aliphatic rings. The van der Waals surface area contributed by atoms with Gasteiger partial charge in [-0.05, 0) is 43.4 Å². The maximum Gasteiger partial charge on any atom is 0.321 e. The summed E-state index contributed by atoms with van der Waals surface area (Å²) in [5, 5.41) is 2.91. The Morgan fingerprint density at radius 2 is 1.44 bits per heavy atom. The lowest BCUT2D eigenvalue weighted by atomic mass is 9.96. The number of aryl methyl sites for hydroxylation is 1. The molecule has 4 amide bonds. The van der Waals surface area contributed by atoms with Gasteiger partial charge in [0.1, 0.15) is 0 Å². The van der Waals surface area contributed by atoms with Crippen LogP contribution in [0.15, 0.2) is 60.7 Å². The van der Waals surface area contributed by atoms with Crippen molar-refractivity contribution in [2.45, 2.75) is 32.1 Å². The van der Waals surface area contributed by atoms with Crippen LogP contribution in [-0.4, -0.2) is 71.8 Å². The highest BCUT2D eigenvalue weighted by Gasteiger charge is 2.33. The maximum absolute atomic E-state index is 13.1. The molecule has 0 saturated carbocycles. The predicted molar refractivity (Wildman–Crippen MR) is 132 cm³/mol. The summed E-state index contributed by atoms with van der Waals surface area (Å²) < 4.78 is 0. The molecule has 1 N–H and O–H groups in total. The average Bonchev–Trinajstić information content (AvgIpc) is 2.89. The molecule has 2 aromatic carbocycles. The van der Waals surface area contributed by atoms with Crippen molar-refractivity contribution in [2.24, 2.45) is 5.92 Å². The summed E-state index contributed by atoms with van der Waals surface area (Å²) in [6.07, 6.45) is 3.90. The summed E-state index contributed by atoms with van der Waals surface area (Å²) >= 11 is 0. The Morgan fingerprint density at radius 1 is 0.794 bits per heavy atom. The van der Waals surface area contributed by atoms with Gasteiger partial charge in [0.25, 0.3) is 0 Å². The molecule has 0 bridgehead atoms. The van der Waals surface area contributed by atoms with Crippen LogP contribution in [-0.2, 0) is 16.0 Å². The third-order valence-corrected chi connectivity index (χ3v) is 6.73. The molecule has 0 aliphatic carbocycles. The lowest BCUT2D eigenvalue weighted by molar-refractivity contribution is -0.143. The Labute approximate surface area is 201 Å². The van der Waals surface area contributed by atoms with Crippen LogP contribution < -0.4 is 5.32 Å². The number of hydrogen-bond acceptors (Lipinski definition) is 3. The van der Waals surface area contributed by atoms with E-state index in [0.29, 0.717) is 45.7 Å². The van der Waals surface area contributed by atoms with Gasteiger partial charge in [0.15, 0.2) is 0 Å². The molecular formula is C27H34N4O3. The SMILES string of the molecule is O=C(CCCc1ccccc1)N1CCN(C(=O)C2CCCN(C(=O)Nc3ccccc3)C2)CC1. The minimum atomic E-state index is -0.177. The number of piperidine rings is 1. The van der Waals surface area contributed by atoms with Gasteiger partial charge in [-0.2, -0.15) is 0 Å². The molecule has 2 heterocycles. The third kappa shape index (κ3) is 6.37. The number of benzene rings is 2. The molecule has 2 aliphatic heterocycles. The van der Waals surface area contributed by atoms with Crippen LogP contribution in [0.25, 0.3) is 0 Å². The molecule has 0 radical (unpaired) electrons. The molecule has 2 aromatic rings. The highest BCUT2D eigenvalue weighted by Crippen LogP contribution is 2.21. The number of carbonyl (C=O) groups is 3. The smallest absolute Gasteiger partial charge is 0.321 e. The molecular weight excluding hydrogens is 428 g/mol. The first-order chi connectivity index (χ1) is 16.6. The monoisotopic (exact) mass is 462 g/mol. The first-order valence-electron chi connectivity index (χ1n) is 12.3. The van der Waals surface area contributed by atoms with Gasteiger partial charge in [0.05, 0.1) is 5.92 Å². The van der Waals surface area contributed by atoms with Crippen LogP contribution in [0.4, 0.5) is 10.5 Å². The number of amides is 4. The minimum Gasteiger partial charge on any atom is -0.339 e. The fourth-order valence-corrected chi connectivity index (χ4v) is 4.77. The summed E-state index contributed by atoms with van der Waals surface area (Å²) in [5.41, 5.74) is 2.01. The molecule has 1 atom stereocenters. The number of likely N-dealkylation sites (tertiary alicyclic amines) is 1. The van der Waals surface area contributed by atoms with Crippen LogP contribution in [0.2, 0.25) is 0 Å². The van der Waals surface area contributed by atoms with Gasteiger partial charge in [0.2, 0.25) is 11.8 Å². The number of carbonyl (C=O) groups excluding carboxylic acids is 3. The molecule has 2 fully saturated rings. The fraction of sp³-hybridized carbons (Fsp3) is 0.444. The topological polar surface area (TPSA) is 73.0 Å². The van der Waals surface area contributed by atoms with Crippen molar-refractivity contribution in [2.75, 3.05) is 44.6 Å². The highest BCUT2D eigenvalue weighted by molar-refractivity contribution is 5.90. The molecule has 7 nitrogen and oxygen atoms in total. The van der Waals surface area contributed by atoms with Gasteiger partial charge in [-0.1, -0.05) is 48.5 Å². The van der Waals surface area contributed by atoms with E-state index in [1.807, 2.05) is 58.3 Å².